The number of rotatable bonds is 9. The molecule has 3 rings (SSSR count). The van der Waals surface area contributed by atoms with Crippen LogP contribution in [-0.2, 0) is 13.1 Å². The second kappa shape index (κ2) is 8.97. The predicted molar refractivity (Wildman–Crippen MR) is 103 cm³/mol. The Hall–Kier alpha value is -2.92. The van der Waals surface area contributed by atoms with Crippen LogP contribution in [-0.4, -0.2) is 32.6 Å². The summed E-state index contributed by atoms with van der Waals surface area (Å²) in [6.45, 7) is 8.94. The van der Waals surface area contributed by atoms with Gasteiger partial charge in [-0.3, -0.25) is 9.47 Å². The van der Waals surface area contributed by atoms with Gasteiger partial charge in [0.05, 0.1) is 0 Å². The van der Waals surface area contributed by atoms with Gasteiger partial charge >= 0.3 is 0 Å². The van der Waals surface area contributed by atoms with Gasteiger partial charge in [0.1, 0.15) is 12.4 Å². The zero-order valence-corrected chi connectivity index (χ0v) is 15.1. The van der Waals surface area contributed by atoms with Gasteiger partial charge in [-0.2, -0.15) is 0 Å². The molecule has 134 valence electrons. The highest BCUT2D eigenvalue weighted by molar-refractivity contribution is 5.33. The van der Waals surface area contributed by atoms with Crippen molar-refractivity contribution < 1.29 is 4.74 Å². The van der Waals surface area contributed by atoms with Gasteiger partial charge in [-0.15, -0.1) is 0 Å². The minimum absolute atomic E-state index is 0.511. The van der Waals surface area contributed by atoms with Crippen molar-refractivity contribution in [3.63, 3.8) is 0 Å². The number of benzene rings is 1. The maximum absolute atomic E-state index is 5.79. The summed E-state index contributed by atoms with van der Waals surface area (Å²) in [6.07, 6.45) is 7.29. The molecule has 0 aliphatic carbocycles. The molecule has 0 amide bonds. The maximum Gasteiger partial charge on any atom is 0.233 e. The zero-order valence-electron chi connectivity index (χ0n) is 15.1. The lowest BCUT2D eigenvalue weighted by atomic mass is 10.2. The van der Waals surface area contributed by atoms with Gasteiger partial charge in [0, 0.05) is 42.9 Å². The molecule has 0 N–H and O–H groups in total. The first-order chi connectivity index (χ1) is 12.8. The minimum Gasteiger partial charge on any atom is -0.489 e. The molecule has 0 aliphatic heterocycles. The van der Waals surface area contributed by atoms with E-state index in [0.717, 1.165) is 31.1 Å². The first kappa shape index (κ1) is 17.9. The fraction of sp³-hybridized carbons (Fsp3) is 0.238. The van der Waals surface area contributed by atoms with Crippen molar-refractivity contribution in [1.29, 1.82) is 0 Å². The van der Waals surface area contributed by atoms with Crippen LogP contribution in [0.1, 0.15) is 18.2 Å². The Morgan fingerprint density at radius 3 is 2.65 bits per heavy atom. The second-order valence-electron chi connectivity index (χ2n) is 5.93. The summed E-state index contributed by atoms with van der Waals surface area (Å²) in [5.41, 5.74) is 2.33. The number of aromatic nitrogens is 3. The summed E-state index contributed by atoms with van der Waals surface area (Å²) >= 11 is 0. The molecule has 0 bridgehead atoms. The largest absolute Gasteiger partial charge is 0.489 e. The number of nitrogens with zero attached hydrogens (tertiary/aromatic N) is 4. The zero-order chi connectivity index (χ0) is 18.2. The fourth-order valence-corrected chi connectivity index (χ4v) is 2.83. The average molecular weight is 348 g/mol. The molecule has 3 aromatic rings. The van der Waals surface area contributed by atoms with Crippen molar-refractivity contribution in [1.82, 2.24) is 19.4 Å². The van der Waals surface area contributed by atoms with Crippen LogP contribution < -0.4 is 4.74 Å². The van der Waals surface area contributed by atoms with Crippen LogP contribution in [0, 0.1) is 0 Å². The Morgan fingerprint density at radius 1 is 1.08 bits per heavy atom. The third-order valence-electron chi connectivity index (χ3n) is 4.16. The van der Waals surface area contributed by atoms with Crippen LogP contribution in [0.25, 0.3) is 5.95 Å². The maximum atomic E-state index is 5.79. The van der Waals surface area contributed by atoms with Gasteiger partial charge < -0.3 is 4.74 Å². The van der Waals surface area contributed by atoms with E-state index in [-0.39, 0.29) is 0 Å². The summed E-state index contributed by atoms with van der Waals surface area (Å²) < 4.78 is 7.82. The topological polar surface area (TPSA) is 43.2 Å². The quantitative estimate of drug-likeness (QED) is 0.551. The Balaban J connectivity index is 1.76. The van der Waals surface area contributed by atoms with Crippen molar-refractivity contribution >= 4 is 0 Å². The van der Waals surface area contributed by atoms with E-state index in [1.807, 2.05) is 41.1 Å². The third kappa shape index (κ3) is 4.37. The lowest BCUT2D eigenvalue weighted by Crippen LogP contribution is -2.24. The molecule has 0 saturated heterocycles. The van der Waals surface area contributed by atoms with Gasteiger partial charge in [0.2, 0.25) is 5.95 Å². The molecule has 0 radical (unpaired) electrons. The molecule has 2 heterocycles. The summed E-state index contributed by atoms with van der Waals surface area (Å²) in [5.74, 6) is 1.60. The molecule has 0 atom stereocenters. The summed E-state index contributed by atoms with van der Waals surface area (Å²) in [4.78, 5) is 11.1. The van der Waals surface area contributed by atoms with Gasteiger partial charge in [-0.1, -0.05) is 37.8 Å². The average Bonchev–Trinajstić information content (AvgIpc) is 3.15. The molecule has 1 aromatic carbocycles. The lowest BCUT2D eigenvalue weighted by Gasteiger charge is -2.22. The lowest BCUT2D eigenvalue weighted by molar-refractivity contribution is 0.259. The summed E-state index contributed by atoms with van der Waals surface area (Å²) in [5, 5.41) is 0. The highest BCUT2D eigenvalue weighted by atomic mass is 16.5. The molecule has 0 fully saturated rings. The van der Waals surface area contributed by atoms with Crippen LogP contribution in [0.2, 0.25) is 0 Å². The second-order valence-corrected chi connectivity index (χ2v) is 5.93. The van der Waals surface area contributed by atoms with E-state index in [1.54, 1.807) is 18.5 Å². The monoisotopic (exact) mass is 348 g/mol. The first-order valence-electron chi connectivity index (χ1n) is 8.79. The van der Waals surface area contributed by atoms with E-state index in [0.29, 0.717) is 12.6 Å². The Morgan fingerprint density at radius 2 is 1.88 bits per heavy atom. The van der Waals surface area contributed by atoms with Gasteiger partial charge in [0.25, 0.3) is 0 Å². The van der Waals surface area contributed by atoms with Crippen molar-refractivity contribution in [2.24, 2.45) is 0 Å². The van der Waals surface area contributed by atoms with Crippen LogP contribution in [0.4, 0.5) is 0 Å². The molecule has 0 unspecified atom stereocenters. The molecule has 5 heteroatoms. The number of para-hydroxylation sites is 1. The molecule has 2 aromatic heterocycles. The van der Waals surface area contributed by atoms with Crippen LogP contribution >= 0.6 is 0 Å². The predicted octanol–water partition coefficient (Wildman–Crippen LogP) is 3.85. The third-order valence-corrected chi connectivity index (χ3v) is 4.16. The normalized spacial score (nSPS) is 10.8. The van der Waals surface area contributed by atoms with Crippen LogP contribution in [0.15, 0.2) is 73.7 Å². The first-order valence-corrected chi connectivity index (χ1v) is 8.79. The summed E-state index contributed by atoms with van der Waals surface area (Å²) in [6, 6.07) is 14.1. The number of hydrogen-bond acceptors (Lipinski definition) is 4. The van der Waals surface area contributed by atoms with E-state index in [9.17, 15) is 0 Å². The van der Waals surface area contributed by atoms with Crippen LogP contribution in [0.3, 0.4) is 0 Å². The molecule has 0 saturated carbocycles. The molecule has 0 spiro atoms. The van der Waals surface area contributed by atoms with E-state index in [2.05, 4.69) is 40.5 Å². The van der Waals surface area contributed by atoms with Crippen LogP contribution in [0.5, 0.6) is 5.75 Å². The van der Waals surface area contributed by atoms with Crippen molar-refractivity contribution in [3.05, 3.63) is 85.0 Å². The van der Waals surface area contributed by atoms with Crippen molar-refractivity contribution in [3.8, 4) is 11.7 Å². The molecule has 5 nitrogen and oxygen atoms in total. The fourth-order valence-electron chi connectivity index (χ4n) is 2.83. The SMILES string of the molecule is C=CCOc1ccccc1CN(CC)Cc1cccn1-c1ncccn1. The van der Waals surface area contributed by atoms with Crippen molar-refractivity contribution in [2.75, 3.05) is 13.2 Å². The van der Waals surface area contributed by atoms with Gasteiger partial charge in [0.15, 0.2) is 0 Å². The molecule has 26 heavy (non-hydrogen) atoms. The highest BCUT2D eigenvalue weighted by Gasteiger charge is 2.12. The van der Waals surface area contributed by atoms with E-state index >= 15 is 0 Å². The Kier molecular flexibility index (Phi) is 6.17. The smallest absolute Gasteiger partial charge is 0.233 e. The van der Waals surface area contributed by atoms with Gasteiger partial charge in [-0.25, -0.2) is 9.97 Å². The molecular weight excluding hydrogens is 324 g/mol. The van der Waals surface area contributed by atoms with Gasteiger partial charge in [-0.05, 0) is 30.8 Å². The summed E-state index contributed by atoms with van der Waals surface area (Å²) in [7, 11) is 0. The van der Waals surface area contributed by atoms with E-state index in [1.165, 1.54) is 5.56 Å². The Bertz CT molecular complexity index is 829. The standard InChI is InChI=1S/C21H24N4O/c1-3-15-26-20-11-6-5-9-18(20)16-24(4-2)17-19-10-7-14-25(19)21-22-12-8-13-23-21/h3,5-14H,1,4,15-17H2,2H3. The minimum atomic E-state index is 0.511. The number of hydrogen-bond donors (Lipinski definition) is 0. The molecular formula is C21H24N4O. The number of ether oxygens (including phenoxy) is 1. The Labute approximate surface area is 154 Å². The highest BCUT2D eigenvalue weighted by Crippen LogP contribution is 2.21. The van der Waals surface area contributed by atoms with E-state index < -0.39 is 0 Å². The van der Waals surface area contributed by atoms with E-state index in [4.69, 9.17) is 4.74 Å². The van der Waals surface area contributed by atoms with Crippen molar-refractivity contribution in [2.45, 2.75) is 20.0 Å². The molecule has 0 aliphatic rings.